The number of carbonyl (C=O) groups excluding carboxylic acids is 1. The molecular weight excluding hydrogens is 354 g/mol. The van der Waals surface area contributed by atoms with E-state index in [1.54, 1.807) is 10.7 Å². The standard InChI is InChI=1S/C21H25N5O2/c1-4-25(5-2)12-15-10-22-20-18(11-23-26(20)13-15)21(27)24-17-6-7-19-16(9-17)8-14(3)28-19/h6-7,9-11,13-14H,4-5,8,12H2,1-3H3,(H,24,27)/t14-/m0/s1. The number of amides is 1. The molecule has 1 aliphatic heterocycles. The van der Waals surface area contributed by atoms with Crippen molar-refractivity contribution in [3.05, 3.63) is 53.5 Å². The maximum Gasteiger partial charge on any atom is 0.261 e. The number of carbonyl (C=O) groups is 1. The van der Waals surface area contributed by atoms with Crippen molar-refractivity contribution in [3.63, 3.8) is 0 Å². The molecule has 4 rings (SSSR count). The van der Waals surface area contributed by atoms with Crippen LogP contribution in [0.3, 0.4) is 0 Å². The van der Waals surface area contributed by atoms with Crippen LogP contribution in [-0.4, -0.2) is 44.6 Å². The van der Waals surface area contributed by atoms with Gasteiger partial charge in [-0.2, -0.15) is 5.10 Å². The second-order valence-corrected chi connectivity index (χ2v) is 7.16. The van der Waals surface area contributed by atoms with E-state index < -0.39 is 0 Å². The van der Waals surface area contributed by atoms with Crippen LogP contribution >= 0.6 is 0 Å². The van der Waals surface area contributed by atoms with Crippen LogP contribution in [0.2, 0.25) is 0 Å². The van der Waals surface area contributed by atoms with Crippen molar-refractivity contribution >= 4 is 17.2 Å². The lowest BCUT2D eigenvalue weighted by atomic mass is 10.1. The van der Waals surface area contributed by atoms with Crippen molar-refractivity contribution in [2.45, 2.75) is 39.8 Å². The summed E-state index contributed by atoms with van der Waals surface area (Å²) in [7, 11) is 0. The number of hydrogen-bond acceptors (Lipinski definition) is 5. The zero-order chi connectivity index (χ0) is 19.7. The molecule has 1 N–H and O–H groups in total. The van der Waals surface area contributed by atoms with Gasteiger partial charge in [0.1, 0.15) is 17.4 Å². The average Bonchev–Trinajstić information content (AvgIpc) is 3.27. The Morgan fingerprint density at radius 3 is 2.93 bits per heavy atom. The third-order valence-corrected chi connectivity index (χ3v) is 5.11. The Balaban J connectivity index is 1.52. The number of fused-ring (bicyclic) bond motifs is 2. The molecule has 0 saturated carbocycles. The first-order valence-corrected chi connectivity index (χ1v) is 9.73. The smallest absolute Gasteiger partial charge is 0.261 e. The third-order valence-electron chi connectivity index (χ3n) is 5.11. The van der Waals surface area contributed by atoms with E-state index in [1.165, 1.54) is 0 Å². The Bertz CT molecular complexity index is 1010. The molecule has 1 amide bonds. The van der Waals surface area contributed by atoms with Gasteiger partial charge in [0.2, 0.25) is 0 Å². The molecule has 3 heterocycles. The highest BCUT2D eigenvalue weighted by Gasteiger charge is 2.20. The lowest BCUT2D eigenvalue weighted by Gasteiger charge is -2.17. The fourth-order valence-electron chi connectivity index (χ4n) is 3.56. The minimum Gasteiger partial charge on any atom is -0.490 e. The normalized spacial score (nSPS) is 15.6. The summed E-state index contributed by atoms with van der Waals surface area (Å²) < 4.78 is 7.38. The highest BCUT2D eigenvalue weighted by atomic mass is 16.5. The maximum atomic E-state index is 12.8. The van der Waals surface area contributed by atoms with Crippen LogP contribution in [0.1, 0.15) is 42.3 Å². The molecule has 2 aromatic heterocycles. The predicted molar refractivity (Wildman–Crippen MR) is 108 cm³/mol. The molecule has 0 aliphatic carbocycles. The largest absolute Gasteiger partial charge is 0.490 e. The van der Waals surface area contributed by atoms with Crippen LogP contribution in [0.25, 0.3) is 5.65 Å². The number of anilines is 1. The van der Waals surface area contributed by atoms with Crippen LogP contribution in [0, 0.1) is 0 Å². The van der Waals surface area contributed by atoms with Crippen molar-refractivity contribution in [2.75, 3.05) is 18.4 Å². The molecule has 3 aromatic rings. The van der Waals surface area contributed by atoms with Crippen molar-refractivity contribution in [3.8, 4) is 5.75 Å². The molecule has 7 heteroatoms. The van der Waals surface area contributed by atoms with E-state index in [0.29, 0.717) is 11.2 Å². The Labute approximate surface area is 164 Å². The average molecular weight is 379 g/mol. The molecular formula is C21H25N5O2. The second-order valence-electron chi connectivity index (χ2n) is 7.16. The monoisotopic (exact) mass is 379 g/mol. The van der Waals surface area contributed by atoms with Gasteiger partial charge in [-0.25, -0.2) is 9.50 Å². The number of hydrogen-bond donors (Lipinski definition) is 1. The van der Waals surface area contributed by atoms with Crippen LogP contribution < -0.4 is 10.1 Å². The zero-order valence-electron chi connectivity index (χ0n) is 16.5. The molecule has 0 saturated heterocycles. The van der Waals surface area contributed by atoms with Crippen LogP contribution in [0.15, 0.2) is 36.8 Å². The van der Waals surface area contributed by atoms with Gasteiger partial charge in [-0.05, 0) is 43.8 Å². The molecule has 0 spiro atoms. The second kappa shape index (κ2) is 7.59. The molecule has 7 nitrogen and oxygen atoms in total. The molecule has 1 atom stereocenters. The third kappa shape index (κ3) is 3.57. The number of nitrogens with one attached hydrogen (secondary N) is 1. The van der Waals surface area contributed by atoms with Gasteiger partial charge in [0.05, 0.1) is 6.20 Å². The summed E-state index contributed by atoms with van der Waals surface area (Å²) in [6.45, 7) is 9.08. The number of nitrogens with zero attached hydrogens (tertiary/aromatic N) is 4. The van der Waals surface area contributed by atoms with Crippen molar-refractivity contribution in [1.29, 1.82) is 0 Å². The molecule has 1 aliphatic rings. The first-order chi connectivity index (χ1) is 13.6. The number of rotatable bonds is 6. The summed E-state index contributed by atoms with van der Waals surface area (Å²) in [4.78, 5) is 19.6. The van der Waals surface area contributed by atoms with E-state index in [1.807, 2.05) is 37.5 Å². The van der Waals surface area contributed by atoms with Gasteiger partial charge >= 0.3 is 0 Å². The summed E-state index contributed by atoms with van der Waals surface area (Å²) in [5, 5.41) is 7.27. The Kier molecular flexibility index (Phi) is 5.00. The predicted octanol–water partition coefficient (Wildman–Crippen LogP) is 3.15. The maximum absolute atomic E-state index is 12.8. The van der Waals surface area contributed by atoms with Gasteiger partial charge in [0.25, 0.3) is 5.91 Å². The molecule has 0 fully saturated rings. The van der Waals surface area contributed by atoms with Gasteiger partial charge in [-0.3, -0.25) is 9.69 Å². The van der Waals surface area contributed by atoms with Crippen molar-refractivity contribution < 1.29 is 9.53 Å². The van der Waals surface area contributed by atoms with E-state index in [-0.39, 0.29) is 12.0 Å². The van der Waals surface area contributed by atoms with Gasteiger partial charge in [-0.15, -0.1) is 0 Å². The van der Waals surface area contributed by atoms with Gasteiger partial charge in [-0.1, -0.05) is 13.8 Å². The molecule has 0 radical (unpaired) electrons. The highest BCUT2D eigenvalue weighted by molar-refractivity contribution is 6.08. The van der Waals surface area contributed by atoms with E-state index in [4.69, 9.17) is 4.74 Å². The fourth-order valence-corrected chi connectivity index (χ4v) is 3.56. The summed E-state index contributed by atoms with van der Waals surface area (Å²) >= 11 is 0. The summed E-state index contributed by atoms with van der Waals surface area (Å²) in [6, 6.07) is 5.73. The van der Waals surface area contributed by atoms with Gasteiger partial charge < -0.3 is 10.1 Å². The van der Waals surface area contributed by atoms with E-state index in [9.17, 15) is 4.79 Å². The molecule has 146 valence electrons. The molecule has 0 bridgehead atoms. The first-order valence-electron chi connectivity index (χ1n) is 9.73. The van der Waals surface area contributed by atoms with Gasteiger partial charge in [0.15, 0.2) is 5.65 Å². The number of ether oxygens (including phenoxy) is 1. The minimum atomic E-state index is -0.217. The Morgan fingerprint density at radius 2 is 2.14 bits per heavy atom. The molecule has 28 heavy (non-hydrogen) atoms. The summed E-state index contributed by atoms with van der Waals surface area (Å²) in [5.74, 6) is 0.676. The topological polar surface area (TPSA) is 71.8 Å². The van der Waals surface area contributed by atoms with Crippen LogP contribution in [0.5, 0.6) is 5.75 Å². The zero-order valence-corrected chi connectivity index (χ0v) is 16.5. The minimum absolute atomic E-state index is 0.176. The van der Waals surface area contributed by atoms with Crippen LogP contribution in [-0.2, 0) is 13.0 Å². The van der Waals surface area contributed by atoms with E-state index in [2.05, 4.69) is 34.1 Å². The fraction of sp³-hybridized carbons (Fsp3) is 0.381. The quantitative estimate of drug-likeness (QED) is 0.712. The lowest BCUT2D eigenvalue weighted by molar-refractivity contribution is 0.102. The Hall–Kier alpha value is -2.93. The summed E-state index contributed by atoms with van der Waals surface area (Å²) in [6.07, 6.45) is 6.35. The number of benzene rings is 1. The SMILES string of the molecule is CCN(CC)Cc1cnc2c(C(=O)Nc3ccc4c(c3)C[C@H](C)O4)cnn2c1. The van der Waals surface area contributed by atoms with Gasteiger partial charge in [0, 0.05) is 36.6 Å². The van der Waals surface area contributed by atoms with E-state index >= 15 is 0 Å². The first kappa shape index (κ1) is 18.4. The van der Waals surface area contributed by atoms with Crippen molar-refractivity contribution in [1.82, 2.24) is 19.5 Å². The van der Waals surface area contributed by atoms with Crippen molar-refractivity contribution in [2.24, 2.45) is 0 Å². The molecule has 0 unspecified atom stereocenters. The summed E-state index contributed by atoms with van der Waals surface area (Å²) in [5.41, 5.74) is 3.95. The van der Waals surface area contributed by atoms with Crippen LogP contribution in [0.4, 0.5) is 5.69 Å². The molecule has 1 aromatic carbocycles. The van der Waals surface area contributed by atoms with E-state index in [0.717, 1.165) is 48.6 Å². The Morgan fingerprint density at radius 1 is 1.32 bits per heavy atom. The number of aromatic nitrogens is 3. The lowest BCUT2D eigenvalue weighted by Crippen LogP contribution is -2.22. The highest BCUT2D eigenvalue weighted by Crippen LogP contribution is 2.31.